The summed E-state index contributed by atoms with van der Waals surface area (Å²) in [7, 11) is 0. The van der Waals surface area contributed by atoms with E-state index in [-0.39, 0.29) is 6.42 Å². The molecule has 0 saturated heterocycles. The van der Waals surface area contributed by atoms with Crippen molar-refractivity contribution in [3.05, 3.63) is 58.6 Å². The van der Waals surface area contributed by atoms with Gasteiger partial charge in [-0.15, -0.1) is 0 Å². The number of carbonyl (C=O) groups is 1. The van der Waals surface area contributed by atoms with Crippen LogP contribution in [0.2, 0.25) is 5.02 Å². The van der Waals surface area contributed by atoms with Crippen molar-refractivity contribution in [1.82, 2.24) is 0 Å². The molecular weight excluding hydrogens is 316 g/mol. The van der Waals surface area contributed by atoms with Crippen molar-refractivity contribution in [1.29, 1.82) is 0 Å². The molecular formula is C18H19ClO4. The van der Waals surface area contributed by atoms with Crippen LogP contribution in [0.1, 0.15) is 18.1 Å². The van der Waals surface area contributed by atoms with Crippen LogP contribution in [-0.4, -0.2) is 23.8 Å². The average Bonchev–Trinajstić information content (AvgIpc) is 2.52. The van der Waals surface area contributed by atoms with Crippen molar-refractivity contribution in [2.24, 2.45) is 0 Å². The molecule has 0 bridgehead atoms. The fourth-order valence-electron chi connectivity index (χ4n) is 2.14. The predicted molar refractivity (Wildman–Crippen MR) is 89.6 cm³/mol. The van der Waals surface area contributed by atoms with Gasteiger partial charge in [0.05, 0.1) is 6.61 Å². The van der Waals surface area contributed by atoms with E-state index in [0.29, 0.717) is 17.4 Å². The van der Waals surface area contributed by atoms with Crippen LogP contribution in [0.15, 0.2) is 42.5 Å². The zero-order chi connectivity index (χ0) is 16.8. The third kappa shape index (κ3) is 4.89. The van der Waals surface area contributed by atoms with Crippen LogP contribution in [0.25, 0.3) is 0 Å². The number of carboxylic acids is 1. The zero-order valence-electron chi connectivity index (χ0n) is 13.1. The van der Waals surface area contributed by atoms with E-state index in [4.69, 9.17) is 21.1 Å². The number of rotatable bonds is 7. The number of halogens is 1. The zero-order valence-corrected chi connectivity index (χ0v) is 13.8. The lowest BCUT2D eigenvalue weighted by Gasteiger charge is -2.16. The number of benzene rings is 2. The highest BCUT2D eigenvalue weighted by atomic mass is 35.5. The third-order valence-electron chi connectivity index (χ3n) is 3.34. The molecule has 0 aromatic heterocycles. The van der Waals surface area contributed by atoms with E-state index in [1.165, 1.54) is 0 Å². The third-order valence-corrected chi connectivity index (χ3v) is 3.76. The summed E-state index contributed by atoms with van der Waals surface area (Å²) in [5.41, 5.74) is 1.71. The quantitative estimate of drug-likeness (QED) is 0.827. The summed E-state index contributed by atoms with van der Waals surface area (Å²) in [4.78, 5) is 11.5. The highest BCUT2D eigenvalue weighted by Gasteiger charge is 2.20. The predicted octanol–water partition coefficient (Wildman–Crippen LogP) is 4.12. The van der Waals surface area contributed by atoms with Gasteiger partial charge in [-0.25, -0.2) is 4.79 Å². The molecule has 1 atom stereocenters. The second kappa shape index (κ2) is 7.88. The fourth-order valence-corrected chi connectivity index (χ4v) is 2.25. The molecule has 23 heavy (non-hydrogen) atoms. The molecule has 122 valence electrons. The Morgan fingerprint density at radius 1 is 1.17 bits per heavy atom. The smallest absolute Gasteiger partial charge is 0.345 e. The highest BCUT2D eigenvalue weighted by molar-refractivity contribution is 6.31. The number of hydrogen-bond acceptors (Lipinski definition) is 3. The summed E-state index contributed by atoms with van der Waals surface area (Å²) in [5, 5.41) is 10.0. The van der Waals surface area contributed by atoms with E-state index in [9.17, 15) is 9.90 Å². The van der Waals surface area contributed by atoms with Gasteiger partial charge in [-0.2, -0.15) is 0 Å². The van der Waals surface area contributed by atoms with Crippen LogP contribution in [-0.2, 0) is 11.2 Å². The van der Waals surface area contributed by atoms with Gasteiger partial charge in [0.25, 0.3) is 0 Å². The summed E-state index contributed by atoms with van der Waals surface area (Å²) in [5.74, 6) is 0.245. The van der Waals surface area contributed by atoms with Crippen molar-refractivity contribution in [2.75, 3.05) is 6.61 Å². The molecule has 0 saturated carbocycles. The molecule has 2 aromatic rings. The highest BCUT2D eigenvalue weighted by Crippen LogP contribution is 2.23. The maximum atomic E-state index is 11.5. The van der Waals surface area contributed by atoms with Crippen LogP contribution in [0.3, 0.4) is 0 Å². The first-order valence-electron chi connectivity index (χ1n) is 7.37. The van der Waals surface area contributed by atoms with Gasteiger partial charge in [-0.1, -0.05) is 23.7 Å². The van der Waals surface area contributed by atoms with Crippen molar-refractivity contribution >= 4 is 17.6 Å². The summed E-state index contributed by atoms with van der Waals surface area (Å²) >= 11 is 5.97. The molecule has 0 radical (unpaired) electrons. The maximum Gasteiger partial charge on any atom is 0.345 e. The molecule has 4 nitrogen and oxygen atoms in total. The van der Waals surface area contributed by atoms with Crippen LogP contribution in [0.5, 0.6) is 11.5 Å². The minimum atomic E-state index is -1.01. The van der Waals surface area contributed by atoms with Crippen molar-refractivity contribution < 1.29 is 19.4 Å². The molecule has 0 fully saturated rings. The molecule has 1 unspecified atom stereocenters. The first-order chi connectivity index (χ1) is 11.0. The monoisotopic (exact) mass is 334 g/mol. The molecule has 2 aromatic carbocycles. The van der Waals surface area contributed by atoms with Gasteiger partial charge < -0.3 is 14.6 Å². The van der Waals surface area contributed by atoms with E-state index in [0.717, 1.165) is 16.9 Å². The van der Waals surface area contributed by atoms with Crippen LogP contribution < -0.4 is 9.47 Å². The Bertz CT molecular complexity index is 667. The van der Waals surface area contributed by atoms with E-state index in [2.05, 4.69) is 0 Å². The number of ether oxygens (including phenoxy) is 2. The Balaban J connectivity index is 2.09. The van der Waals surface area contributed by atoms with Gasteiger partial charge >= 0.3 is 5.97 Å². The van der Waals surface area contributed by atoms with Crippen molar-refractivity contribution in [3.63, 3.8) is 0 Å². The van der Waals surface area contributed by atoms with Gasteiger partial charge in [0.2, 0.25) is 0 Å². The summed E-state index contributed by atoms with van der Waals surface area (Å²) in [6, 6.07) is 12.4. The molecule has 0 aliphatic rings. The molecule has 0 heterocycles. The van der Waals surface area contributed by atoms with Crippen LogP contribution in [0, 0.1) is 6.92 Å². The molecule has 0 spiro atoms. The Morgan fingerprint density at radius 2 is 1.83 bits per heavy atom. The van der Waals surface area contributed by atoms with Gasteiger partial charge in [0.1, 0.15) is 11.5 Å². The van der Waals surface area contributed by atoms with E-state index < -0.39 is 12.1 Å². The number of aryl methyl sites for hydroxylation is 1. The summed E-state index contributed by atoms with van der Waals surface area (Å²) in [6.45, 7) is 4.35. The van der Waals surface area contributed by atoms with E-state index in [1.54, 1.807) is 18.2 Å². The lowest BCUT2D eigenvalue weighted by Crippen LogP contribution is -2.29. The molecule has 1 N–H and O–H groups in total. The standard InChI is InChI=1S/C18H19ClO4/c1-3-22-14-6-4-13(5-7-14)11-17(18(20)21)23-15-8-9-16(19)12(2)10-15/h4-10,17H,3,11H2,1-2H3,(H,20,21). The average molecular weight is 335 g/mol. The molecule has 5 heteroatoms. The number of hydrogen-bond donors (Lipinski definition) is 1. The topological polar surface area (TPSA) is 55.8 Å². The van der Waals surface area contributed by atoms with Gasteiger partial charge in [0, 0.05) is 11.4 Å². The number of aliphatic carboxylic acids is 1. The maximum absolute atomic E-state index is 11.5. The molecule has 0 aliphatic heterocycles. The van der Waals surface area contributed by atoms with Crippen molar-refractivity contribution in [3.8, 4) is 11.5 Å². The van der Waals surface area contributed by atoms with Crippen LogP contribution >= 0.6 is 11.6 Å². The second-order valence-electron chi connectivity index (χ2n) is 5.14. The van der Waals surface area contributed by atoms with E-state index in [1.807, 2.05) is 38.1 Å². The Labute approximate surface area is 140 Å². The molecule has 2 rings (SSSR count). The molecule has 0 aliphatic carbocycles. The minimum absolute atomic E-state index is 0.267. The first kappa shape index (κ1) is 17.2. The van der Waals surface area contributed by atoms with Crippen molar-refractivity contribution in [2.45, 2.75) is 26.4 Å². The van der Waals surface area contributed by atoms with Gasteiger partial charge in [-0.3, -0.25) is 0 Å². The Hall–Kier alpha value is -2.20. The lowest BCUT2D eigenvalue weighted by atomic mass is 10.1. The van der Waals surface area contributed by atoms with E-state index >= 15 is 0 Å². The normalized spacial score (nSPS) is 11.8. The summed E-state index contributed by atoms with van der Waals surface area (Å²) in [6.07, 6.45) is -0.697. The van der Waals surface area contributed by atoms with Crippen LogP contribution in [0.4, 0.5) is 0 Å². The summed E-state index contributed by atoms with van der Waals surface area (Å²) < 4.78 is 11.0. The van der Waals surface area contributed by atoms with Gasteiger partial charge in [0.15, 0.2) is 6.10 Å². The SMILES string of the molecule is CCOc1ccc(CC(Oc2ccc(Cl)c(C)c2)C(=O)O)cc1. The van der Waals surface area contributed by atoms with Gasteiger partial charge in [-0.05, 0) is 55.3 Å². The lowest BCUT2D eigenvalue weighted by molar-refractivity contribution is -0.145. The number of carboxylic acid groups (broad SMARTS) is 1. The fraction of sp³-hybridized carbons (Fsp3) is 0.278. The molecule has 0 amide bonds. The largest absolute Gasteiger partial charge is 0.494 e. The minimum Gasteiger partial charge on any atom is -0.494 e. The second-order valence-corrected chi connectivity index (χ2v) is 5.54. The Morgan fingerprint density at radius 3 is 2.39 bits per heavy atom. The first-order valence-corrected chi connectivity index (χ1v) is 7.74. The Kier molecular flexibility index (Phi) is 5.88.